The van der Waals surface area contributed by atoms with Crippen LogP contribution in [-0.2, 0) is 6.42 Å². The van der Waals surface area contributed by atoms with Gasteiger partial charge in [-0.2, -0.15) is 0 Å². The molecule has 4 aromatic rings. The number of rotatable bonds is 5. The largest absolute Gasteiger partial charge is 0.508 e. The summed E-state index contributed by atoms with van der Waals surface area (Å²) in [6, 6.07) is 5.25. The summed E-state index contributed by atoms with van der Waals surface area (Å²) < 4.78 is 45.2. The van der Waals surface area contributed by atoms with Crippen LogP contribution in [0.3, 0.4) is 0 Å². The Morgan fingerprint density at radius 3 is 2.64 bits per heavy atom. The van der Waals surface area contributed by atoms with Crippen LogP contribution in [0.4, 0.5) is 19.0 Å². The number of aromatic nitrogens is 3. The van der Waals surface area contributed by atoms with Gasteiger partial charge in [0.2, 0.25) is 0 Å². The van der Waals surface area contributed by atoms with Crippen LogP contribution in [0.1, 0.15) is 44.5 Å². The fraction of sp³-hybridized carbons (Fsp3) is 0.370. The van der Waals surface area contributed by atoms with Crippen molar-refractivity contribution in [3.8, 4) is 17.0 Å². The number of hydrogen-bond acceptors (Lipinski definition) is 6. The number of alkyl halides is 1. The zero-order valence-corrected chi connectivity index (χ0v) is 20.3. The normalized spacial score (nSPS) is 18.2. The maximum atomic E-state index is 16.2. The highest BCUT2D eigenvalue weighted by Crippen LogP contribution is 2.39. The van der Waals surface area contributed by atoms with Gasteiger partial charge in [-0.25, -0.2) is 23.1 Å². The minimum absolute atomic E-state index is 0.00126. The lowest BCUT2D eigenvalue weighted by Gasteiger charge is -2.26. The van der Waals surface area contributed by atoms with E-state index >= 15 is 4.39 Å². The summed E-state index contributed by atoms with van der Waals surface area (Å²) in [7, 11) is 0. The molecule has 0 spiro atoms. The fourth-order valence-corrected chi connectivity index (χ4v) is 5.05. The van der Waals surface area contributed by atoms with E-state index in [1.165, 1.54) is 24.4 Å². The third-order valence-corrected chi connectivity index (χ3v) is 6.81. The van der Waals surface area contributed by atoms with E-state index in [2.05, 4.69) is 15.0 Å². The van der Waals surface area contributed by atoms with Crippen LogP contribution in [-0.4, -0.2) is 50.5 Å². The van der Waals surface area contributed by atoms with Gasteiger partial charge in [0, 0.05) is 24.1 Å². The highest BCUT2D eigenvalue weighted by atomic mass is 19.1. The van der Waals surface area contributed by atoms with Crippen molar-refractivity contribution in [1.29, 1.82) is 0 Å². The van der Waals surface area contributed by atoms with Gasteiger partial charge in [-0.3, -0.25) is 4.98 Å². The smallest absolute Gasteiger partial charge is 0.175 e. The van der Waals surface area contributed by atoms with Gasteiger partial charge in [0.15, 0.2) is 5.82 Å². The molecule has 0 radical (unpaired) electrons. The first-order chi connectivity index (χ1) is 17.2. The number of aryl methyl sites for hydroxylation is 1. The van der Waals surface area contributed by atoms with Crippen LogP contribution >= 0.6 is 0 Å². The molecule has 1 aliphatic heterocycles. The van der Waals surface area contributed by atoms with Crippen molar-refractivity contribution in [3.63, 3.8) is 0 Å². The topological polar surface area (TPSA) is 82.4 Å². The number of pyridine rings is 1. The zero-order valence-electron chi connectivity index (χ0n) is 20.3. The molecule has 3 heterocycles. The van der Waals surface area contributed by atoms with E-state index in [4.69, 9.17) is 0 Å². The van der Waals surface area contributed by atoms with Crippen LogP contribution in [0.2, 0.25) is 0 Å². The summed E-state index contributed by atoms with van der Waals surface area (Å²) in [5.74, 6) is -0.725. The van der Waals surface area contributed by atoms with Crippen LogP contribution in [0.15, 0.2) is 30.5 Å². The maximum absolute atomic E-state index is 16.2. The average Bonchev–Trinajstić information content (AvgIpc) is 3.24. The van der Waals surface area contributed by atoms with Crippen molar-refractivity contribution >= 4 is 27.5 Å². The Hall–Kier alpha value is -3.46. The predicted molar refractivity (Wildman–Crippen MR) is 133 cm³/mol. The second-order valence-corrected chi connectivity index (χ2v) is 9.54. The number of aliphatic hydroxyl groups is 1. The molecule has 36 heavy (non-hydrogen) atoms. The summed E-state index contributed by atoms with van der Waals surface area (Å²) in [6.45, 7) is 5.30. The van der Waals surface area contributed by atoms with Crippen LogP contribution in [0.25, 0.3) is 32.9 Å². The van der Waals surface area contributed by atoms with E-state index in [9.17, 15) is 19.0 Å². The Morgan fingerprint density at radius 2 is 1.94 bits per heavy atom. The van der Waals surface area contributed by atoms with Crippen molar-refractivity contribution in [2.75, 3.05) is 18.1 Å². The number of fused-ring (bicyclic) bond motifs is 2. The minimum Gasteiger partial charge on any atom is -0.508 e. The SMILES string of the molecule is CCc1c(F)ccc2cc(O)cc(-c3ncc4c(N5C[C@H](F)C[C@H]5CO)nc(C(C)C)nc4c3F)c12. The van der Waals surface area contributed by atoms with Crippen molar-refractivity contribution < 1.29 is 23.4 Å². The number of aromatic hydroxyl groups is 1. The van der Waals surface area contributed by atoms with Gasteiger partial charge in [0.25, 0.3) is 0 Å². The lowest BCUT2D eigenvalue weighted by Crippen LogP contribution is -2.33. The molecule has 2 N–H and O–H groups in total. The molecule has 5 rings (SSSR count). The molecule has 0 amide bonds. The van der Waals surface area contributed by atoms with E-state index in [0.717, 1.165) is 0 Å². The fourth-order valence-electron chi connectivity index (χ4n) is 5.05. The molecular formula is C27H27F3N4O2. The van der Waals surface area contributed by atoms with Crippen molar-refractivity contribution in [1.82, 2.24) is 15.0 Å². The van der Waals surface area contributed by atoms with Crippen LogP contribution in [0, 0.1) is 11.6 Å². The Bertz CT molecular complexity index is 1480. The number of halogens is 3. The summed E-state index contributed by atoms with van der Waals surface area (Å²) in [6.07, 6.45) is 0.788. The molecule has 1 saturated heterocycles. The molecule has 9 heteroatoms. The Labute approximate surface area is 206 Å². The zero-order chi connectivity index (χ0) is 25.7. The second-order valence-electron chi connectivity index (χ2n) is 9.54. The van der Waals surface area contributed by atoms with Gasteiger partial charge in [0.1, 0.15) is 40.6 Å². The quantitative estimate of drug-likeness (QED) is 0.384. The monoisotopic (exact) mass is 496 g/mol. The van der Waals surface area contributed by atoms with Gasteiger partial charge in [-0.15, -0.1) is 0 Å². The minimum atomic E-state index is -1.15. The summed E-state index contributed by atoms with van der Waals surface area (Å²) in [4.78, 5) is 15.1. The summed E-state index contributed by atoms with van der Waals surface area (Å²) in [5.41, 5.74) is 0.572. The molecule has 188 valence electrons. The van der Waals surface area contributed by atoms with Crippen LogP contribution < -0.4 is 4.90 Å². The lowest BCUT2D eigenvalue weighted by atomic mass is 9.94. The molecule has 2 aromatic heterocycles. The summed E-state index contributed by atoms with van der Waals surface area (Å²) >= 11 is 0. The molecule has 1 aliphatic rings. The Kier molecular flexibility index (Phi) is 6.20. The number of hydrogen-bond donors (Lipinski definition) is 2. The van der Waals surface area contributed by atoms with Crippen molar-refractivity contribution in [2.24, 2.45) is 0 Å². The molecule has 2 aromatic carbocycles. The van der Waals surface area contributed by atoms with Gasteiger partial charge in [-0.05, 0) is 41.0 Å². The van der Waals surface area contributed by atoms with E-state index in [-0.39, 0.29) is 48.0 Å². The number of anilines is 1. The first-order valence-corrected chi connectivity index (χ1v) is 12.1. The van der Waals surface area contributed by atoms with E-state index < -0.39 is 23.8 Å². The average molecular weight is 497 g/mol. The number of benzene rings is 2. The van der Waals surface area contributed by atoms with Gasteiger partial charge >= 0.3 is 0 Å². The van der Waals surface area contributed by atoms with E-state index in [1.54, 1.807) is 17.9 Å². The van der Waals surface area contributed by atoms with Crippen molar-refractivity contribution in [3.05, 3.63) is 53.5 Å². The van der Waals surface area contributed by atoms with Crippen molar-refractivity contribution in [2.45, 2.75) is 51.7 Å². The molecule has 1 fully saturated rings. The predicted octanol–water partition coefficient (Wildman–Crippen LogP) is 5.42. The van der Waals surface area contributed by atoms with E-state index in [0.29, 0.717) is 39.8 Å². The lowest BCUT2D eigenvalue weighted by molar-refractivity contribution is 0.255. The molecule has 0 aliphatic carbocycles. The maximum Gasteiger partial charge on any atom is 0.175 e. The van der Waals surface area contributed by atoms with Gasteiger partial charge in [-0.1, -0.05) is 26.8 Å². The molecule has 0 bridgehead atoms. The Morgan fingerprint density at radius 1 is 1.17 bits per heavy atom. The van der Waals surface area contributed by atoms with Crippen LogP contribution in [0.5, 0.6) is 5.75 Å². The highest BCUT2D eigenvalue weighted by molar-refractivity contribution is 6.01. The van der Waals surface area contributed by atoms with Gasteiger partial charge < -0.3 is 15.1 Å². The summed E-state index contributed by atoms with van der Waals surface area (Å²) in [5, 5.41) is 21.5. The number of phenols is 1. The van der Waals surface area contributed by atoms with E-state index in [1.807, 2.05) is 13.8 Å². The third kappa shape index (κ3) is 3.91. The first-order valence-electron chi connectivity index (χ1n) is 12.1. The molecule has 2 atom stereocenters. The first kappa shape index (κ1) is 24.2. The second kappa shape index (κ2) is 9.20. The standard InChI is InChI=1S/C27H27F3N4O2/c1-4-18-21(29)6-5-14-7-17(36)9-19(22(14)18)24-23(30)25-20(10-31-24)27(33-26(32-25)13(2)3)34-11-15(28)8-16(34)12-35/h5-7,9-10,13,15-16,35-36H,4,8,11-12H2,1-3H3/t15-,16+/m1/s1. The third-order valence-electron chi connectivity index (χ3n) is 6.81. The molecule has 6 nitrogen and oxygen atoms in total. The Balaban J connectivity index is 1.81. The molecule has 0 saturated carbocycles. The van der Waals surface area contributed by atoms with Gasteiger partial charge in [0.05, 0.1) is 24.6 Å². The highest BCUT2D eigenvalue weighted by Gasteiger charge is 2.34. The molecular weight excluding hydrogens is 469 g/mol. The number of phenolic OH excluding ortho intramolecular Hbond substituents is 1. The molecule has 0 unspecified atom stereocenters. The number of nitrogens with zero attached hydrogens (tertiary/aromatic N) is 4. The number of aliphatic hydroxyl groups excluding tert-OH is 1.